The van der Waals surface area contributed by atoms with Crippen LogP contribution in [0.2, 0.25) is 0 Å². The predicted octanol–water partition coefficient (Wildman–Crippen LogP) is 1.96. The van der Waals surface area contributed by atoms with Gasteiger partial charge in [-0.25, -0.2) is 4.79 Å². The minimum atomic E-state index is 0.774. The molecule has 1 fully saturated rings. The molecule has 0 aliphatic carbocycles. The van der Waals surface area contributed by atoms with E-state index >= 15 is 0 Å². The molecule has 0 spiro atoms. The van der Waals surface area contributed by atoms with E-state index in [2.05, 4.69) is 16.8 Å². The molecule has 0 amide bonds. The molecule has 0 aromatic rings. The molecule has 0 aromatic heterocycles. The predicted molar refractivity (Wildman–Crippen MR) is 56.7 cm³/mol. The molecular weight excluding hydrogens is 176 g/mol. The van der Waals surface area contributed by atoms with Gasteiger partial charge in [0, 0.05) is 6.20 Å². The van der Waals surface area contributed by atoms with Crippen molar-refractivity contribution >= 4 is 6.08 Å². The van der Waals surface area contributed by atoms with E-state index in [1.807, 2.05) is 6.08 Å². The highest BCUT2D eigenvalue weighted by Crippen LogP contribution is 2.20. The Bertz CT molecular complexity index is 223. The summed E-state index contributed by atoms with van der Waals surface area (Å²) in [5.74, 6) is 0.774. The lowest BCUT2D eigenvalue weighted by Gasteiger charge is -2.30. The molecule has 0 aromatic carbocycles. The molecular formula is C11H18N2O. The van der Waals surface area contributed by atoms with Gasteiger partial charge < -0.3 is 4.90 Å². The number of aliphatic imine (C=N–C) groups is 1. The maximum atomic E-state index is 9.79. The summed E-state index contributed by atoms with van der Waals surface area (Å²) in [6, 6.07) is 0. The molecule has 0 radical (unpaired) electrons. The highest BCUT2D eigenvalue weighted by molar-refractivity contribution is 5.34. The van der Waals surface area contributed by atoms with Gasteiger partial charge in [-0.15, -0.1) is 0 Å². The maximum absolute atomic E-state index is 9.79. The van der Waals surface area contributed by atoms with Gasteiger partial charge in [0.2, 0.25) is 6.08 Å². The number of piperidine rings is 1. The van der Waals surface area contributed by atoms with E-state index in [0.717, 1.165) is 18.9 Å². The van der Waals surface area contributed by atoms with Gasteiger partial charge in [0.25, 0.3) is 0 Å². The van der Waals surface area contributed by atoms with E-state index in [-0.39, 0.29) is 0 Å². The third kappa shape index (κ3) is 3.86. The molecule has 0 unspecified atom stereocenters. The van der Waals surface area contributed by atoms with Gasteiger partial charge in [-0.1, -0.05) is 13.0 Å². The van der Waals surface area contributed by atoms with Crippen molar-refractivity contribution in [3.63, 3.8) is 0 Å². The number of rotatable bonds is 4. The number of carbonyl (C=O) groups excluding carboxylic acids is 1. The van der Waals surface area contributed by atoms with Gasteiger partial charge in [0.1, 0.15) is 0 Å². The Labute approximate surface area is 85.5 Å². The number of likely N-dealkylation sites (tertiary alicyclic amines) is 1. The van der Waals surface area contributed by atoms with E-state index in [0.29, 0.717) is 0 Å². The zero-order valence-corrected chi connectivity index (χ0v) is 8.78. The van der Waals surface area contributed by atoms with Gasteiger partial charge in [-0.3, -0.25) is 0 Å². The van der Waals surface area contributed by atoms with Crippen LogP contribution >= 0.6 is 0 Å². The summed E-state index contributed by atoms with van der Waals surface area (Å²) in [5.41, 5.74) is 0. The molecule has 78 valence electrons. The molecule has 3 nitrogen and oxygen atoms in total. The first kappa shape index (κ1) is 11.2. The van der Waals surface area contributed by atoms with Gasteiger partial charge in [0.15, 0.2) is 0 Å². The number of allylic oxidation sites excluding steroid dienone is 1. The van der Waals surface area contributed by atoms with Gasteiger partial charge in [0.05, 0.1) is 0 Å². The summed E-state index contributed by atoms with van der Waals surface area (Å²) < 4.78 is 0. The molecule has 0 bridgehead atoms. The van der Waals surface area contributed by atoms with Crippen LogP contribution in [0.4, 0.5) is 0 Å². The summed E-state index contributed by atoms with van der Waals surface area (Å²) >= 11 is 0. The Morgan fingerprint density at radius 3 is 2.79 bits per heavy atom. The first-order valence-electron chi connectivity index (χ1n) is 5.31. The van der Waals surface area contributed by atoms with E-state index in [1.165, 1.54) is 32.0 Å². The van der Waals surface area contributed by atoms with Gasteiger partial charge >= 0.3 is 0 Å². The van der Waals surface area contributed by atoms with Crippen molar-refractivity contribution < 1.29 is 4.79 Å². The molecule has 0 atom stereocenters. The quantitative estimate of drug-likeness (QED) is 0.506. The van der Waals surface area contributed by atoms with Crippen LogP contribution in [0.15, 0.2) is 17.3 Å². The number of hydrogen-bond acceptors (Lipinski definition) is 3. The third-order valence-corrected chi connectivity index (χ3v) is 2.86. The van der Waals surface area contributed by atoms with Crippen LogP contribution in [0.25, 0.3) is 0 Å². The van der Waals surface area contributed by atoms with Crippen molar-refractivity contribution in [1.82, 2.24) is 4.90 Å². The molecule has 0 N–H and O–H groups in total. The summed E-state index contributed by atoms with van der Waals surface area (Å²) in [6.07, 6.45) is 8.60. The second kappa shape index (κ2) is 6.52. The highest BCUT2D eigenvalue weighted by atomic mass is 16.1. The van der Waals surface area contributed by atoms with E-state index in [4.69, 9.17) is 0 Å². The number of nitrogens with zero attached hydrogens (tertiary/aromatic N) is 2. The van der Waals surface area contributed by atoms with Crippen molar-refractivity contribution in [2.45, 2.75) is 26.2 Å². The van der Waals surface area contributed by atoms with Crippen LogP contribution < -0.4 is 0 Å². The van der Waals surface area contributed by atoms with Crippen molar-refractivity contribution in [3.8, 4) is 0 Å². The molecule has 1 rings (SSSR count). The summed E-state index contributed by atoms with van der Waals surface area (Å²) in [6.45, 7) is 5.80. The normalized spacial score (nSPS) is 19.8. The smallest absolute Gasteiger partial charge is 0.239 e. The molecule has 1 heterocycles. The minimum absolute atomic E-state index is 0.774. The van der Waals surface area contributed by atoms with Crippen LogP contribution in [0.3, 0.4) is 0 Å². The fraction of sp³-hybridized carbons (Fsp3) is 0.727. The lowest BCUT2D eigenvalue weighted by atomic mass is 9.94. The summed E-state index contributed by atoms with van der Waals surface area (Å²) in [7, 11) is 0. The van der Waals surface area contributed by atoms with Crippen molar-refractivity contribution in [2.75, 3.05) is 19.6 Å². The second-order valence-corrected chi connectivity index (χ2v) is 3.72. The monoisotopic (exact) mass is 194 g/mol. The van der Waals surface area contributed by atoms with Gasteiger partial charge in [-0.2, -0.15) is 4.99 Å². The Morgan fingerprint density at radius 2 is 2.21 bits per heavy atom. The Hall–Kier alpha value is -0.920. The minimum Gasteiger partial charge on any atom is -0.304 e. The molecule has 1 aliphatic heterocycles. The summed E-state index contributed by atoms with van der Waals surface area (Å²) in [5, 5.41) is 0. The van der Waals surface area contributed by atoms with E-state index in [9.17, 15) is 4.79 Å². The third-order valence-electron chi connectivity index (χ3n) is 2.86. The zero-order valence-electron chi connectivity index (χ0n) is 8.78. The zero-order chi connectivity index (χ0) is 10.2. The van der Waals surface area contributed by atoms with Crippen LogP contribution in [-0.2, 0) is 4.79 Å². The van der Waals surface area contributed by atoms with Crippen LogP contribution in [0.1, 0.15) is 26.2 Å². The number of isocyanates is 1. The lowest BCUT2D eigenvalue weighted by Crippen LogP contribution is -2.33. The molecule has 1 aliphatic rings. The molecule has 3 heteroatoms. The molecule has 0 saturated carbocycles. The lowest BCUT2D eigenvalue weighted by molar-refractivity contribution is 0.193. The van der Waals surface area contributed by atoms with E-state index in [1.54, 1.807) is 6.20 Å². The maximum Gasteiger partial charge on any atom is 0.239 e. The van der Waals surface area contributed by atoms with Crippen molar-refractivity contribution in [1.29, 1.82) is 0 Å². The fourth-order valence-corrected chi connectivity index (χ4v) is 1.87. The van der Waals surface area contributed by atoms with Gasteiger partial charge in [-0.05, 0) is 44.8 Å². The fourth-order valence-electron chi connectivity index (χ4n) is 1.87. The van der Waals surface area contributed by atoms with Crippen molar-refractivity contribution in [3.05, 3.63) is 12.3 Å². The largest absolute Gasteiger partial charge is 0.304 e. The summed E-state index contributed by atoms with van der Waals surface area (Å²) in [4.78, 5) is 15.7. The Balaban J connectivity index is 2.18. The average Bonchev–Trinajstić information content (AvgIpc) is 2.25. The van der Waals surface area contributed by atoms with Crippen molar-refractivity contribution in [2.24, 2.45) is 10.9 Å². The first-order chi connectivity index (χ1) is 6.86. The molecule has 14 heavy (non-hydrogen) atoms. The second-order valence-electron chi connectivity index (χ2n) is 3.72. The first-order valence-corrected chi connectivity index (χ1v) is 5.31. The van der Waals surface area contributed by atoms with E-state index < -0.39 is 0 Å². The molecule has 1 saturated heterocycles. The Morgan fingerprint density at radius 1 is 1.50 bits per heavy atom. The average molecular weight is 194 g/mol. The van der Waals surface area contributed by atoms with Crippen LogP contribution in [0.5, 0.6) is 0 Å². The standard InChI is InChI=1S/C11H18N2O/c1-2-13-8-5-11(6-9-13)4-3-7-12-10-14/h3,7,11H,2,4-6,8-9H2,1H3/b7-3-. The van der Waals surface area contributed by atoms with Crippen LogP contribution in [-0.4, -0.2) is 30.6 Å². The highest BCUT2D eigenvalue weighted by Gasteiger charge is 2.16. The van der Waals surface area contributed by atoms with Crippen LogP contribution in [0, 0.1) is 5.92 Å². The SMILES string of the molecule is CCN1CCC(C/C=C\N=C=O)CC1. The topological polar surface area (TPSA) is 32.7 Å². The number of hydrogen-bond donors (Lipinski definition) is 0. The Kier molecular flexibility index (Phi) is 5.20.